The van der Waals surface area contributed by atoms with Gasteiger partial charge in [-0.2, -0.15) is 13.2 Å². The Kier molecular flexibility index (Phi) is 6.93. The van der Waals surface area contributed by atoms with E-state index >= 15 is 0 Å². The van der Waals surface area contributed by atoms with Crippen molar-refractivity contribution in [3.05, 3.63) is 11.8 Å². The van der Waals surface area contributed by atoms with E-state index in [4.69, 9.17) is 14.0 Å². The van der Waals surface area contributed by atoms with Crippen molar-refractivity contribution in [2.45, 2.75) is 81.6 Å². The zero-order valence-corrected chi connectivity index (χ0v) is 17.9. The molecule has 0 aromatic carbocycles. The van der Waals surface area contributed by atoms with Gasteiger partial charge in [-0.1, -0.05) is 5.16 Å². The molecule has 2 atom stereocenters. The van der Waals surface area contributed by atoms with Gasteiger partial charge in [0, 0.05) is 35.6 Å². The number of ether oxygens (including phenoxy) is 2. The van der Waals surface area contributed by atoms with Crippen molar-refractivity contribution in [1.29, 1.82) is 0 Å². The zero-order valence-electron chi connectivity index (χ0n) is 17.0. The number of halogens is 3. The van der Waals surface area contributed by atoms with Gasteiger partial charge in [0.25, 0.3) is 0 Å². The summed E-state index contributed by atoms with van der Waals surface area (Å²) in [5, 5.41) is 6.52. The highest BCUT2D eigenvalue weighted by Crippen LogP contribution is 2.50. The molecule has 2 unspecified atom stereocenters. The van der Waals surface area contributed by atoms with Crippen LogP contribution in [0.25, 0.3) is 0 Å². The lowest BCUT2D eigenvalue weighted by Crippen LogP contribution is -2.42. The minimum Gasteiger partial charge on any atom is -0.353 e. The molecule has 170 valence electrons. The fourth-order valence-electron chi connectivity index (χ4n) is 3.18. The van der Waals surface area contributed by atoms with Crippen LogP contribution in [-0.4, -0.2) is 44.8 Å². The molecule has 0 spiro atoms. The maximum atomic E-state index is 12.6. The molecule has 2 heterocycles. The van der Waals surface area contributed by atoms with Crippen molar-refractivity contribution in [2.75, 3.05) is 17.7 Å². The molecule has 2 aliphatic rings. The minimum absolute atomic E-state index is 0.0785. The van der Waals surface area contributed by atoms with Crippen molar-refractivity contribution in [2.24, 2.45) is 0 Å². The SMILES string of the molecule is CC(C)(C(=O)Nc1cc(C2(OC3CCCCO3)CC2)no1)S(=O)CCCC(F)(F)F. The minimum atomic E-state index is -4.31. The normalized spacial score (nSPS) is 22.5. The van der Waals surface area contributed by atoms with Crippen LogP contribution in [0.1, 0.15) is 64.5 Å². The van der Waals surface area contributed by atoms with E-state index in [-0.39, 0.29) is 24.3 Å². The molecule has 1 aliphatic heterocycles. The molecule has 7 nitrogen and oxygen atoms in total. The van der Waals surface area contributed by atoms with E-state index in [0.29, 0.717) is 12.3 Å². The summed E-state index contributed by atoms with van der Waals surface area (Å²) in [6.45, 7) is 3.51. The number of nitrogens with zero attached hydrogens (tertiary/aromatic N) is 1. The average molecular weight is 452 g/mol. The van der Waals surface area contributed by atoms with E-state index in [2.05, 4.69) is 10.5 Å². The number of carbonyl (C=O) groups excluding carboxylic acids is 1. The summed E-state index contributed by atoms with van der Waals surface area (Å²) in [6.07, 6.45) is -1.53. The Morgan fingerprint density at radius 1 is 1.37 bits per heavy atom. The van der Waals surface area contributed by atoms with Crippen molar-refractivity contribution in [3.63, 3.8) is 0 Å². The van der Waals surface area contributed by atoms with Gasteiger partial charge in [-0.25, -0.2) is 0 Å². The van der Waals surface area contributed by atoms with E-state index < -0.39 is 39.7 Å². The second-order valence-electron chi connectivity index (χ2n) is 8.22. The molecular formula is C19H27F3N2O5S. The van der Waals surface area contributed by atoms with Crippen LogP contribution in [0.5, 0.6) is 0 Å². The standard InChI is InChI=1S/C19H27F3N2O5S/c1-17(2,30(26)11-5-7-19(20,21)22)16(25)23-14-12-13(24-29-14)18(8-9-18)28-15-6-3-4-10-27-15/h12,15H,3-11H2,1-2H3,(H,23,25). The topological polar surface area (TPSA) is 90.7 Å². The first-order valence-electron chi connectivity index (χ1n) is 10.1. The lowest BCUT2D eigenvalue weighted by atomic mass is 10.2. The first-order chi connectivity index (χ1) is 14.0. The molecule has 1 aliphatic carbocycles. The molecule has 1 N–H and O–H groups in total. The number of nitrogens with one attached hydrogen (secondary N) is 1. The van der Waals surface area contributed by atoms with E-state index in [9.17, 15) is 22.2 Å². The van der Waals surface area contributed by atoms with Crippen LogP contribution in [0.4, 0.5) is 19.1 Å². The Hall–Kier alpha value is -1.46. The van der Waals surface area contributed by atoms with Crippen LogP contribution >= 0.6 is 0 Å². The van der Waals surface area contributed by atoms with Crippen LogP contribution in [0.3, 0.4) is 0 Å². The molecule has 1 aromatic rings. The molecule has 1 aromatic heterocycles. The average Bonchev–Trinajstić information content (AvgIpc) is 3.29. The number of anilines is 1. The number of hydrogen-bond donors (Lipinski definition) is 1. The molecule has 1 saturated carbocycles. The first kappa shape index (κ1) is 23.2. The largest absolute Gasteiger partial charge is 0.389 e. The van der Waals surface area contributed by atoms with Gasteiger partial charge in [-0.15, -0.1) is 0 Å². The number of alkyl halides is 3. The Bertz CT molecular complexity index is 770. The summed E-state index contributed by atoms with van der Waals surface area (Å²) in [6, 6.07) is 1.57. The molecule has 3 rings (SSSR count). The summed E-state index contributed by atoms with van der Waals surface area (Å²) >= 11 is 0. The first-order valence-corrected chi connectivity index (χ1v) is 11.4. The number of hydrogen-bond acceptors (Lipinski definition) is 6. The highest BCUT2D eigenvalue weighted by Gasteiger charge is 2.50. The maximum absolute atomic E-state index is 12.6. The van der Waals surface area contributed by atoms with Gasteiger partial charge in [0.1, 0.15) is 16.0 Å². The Morgan fingerprint density at radius 3 is 2.70 bits per heavy atom. The van der Waals surface area contributed by atoms with E-state index in [0.717, 1.165) is 32.1 Å². The van der Waals surface area contributed by atoms with E-state index in [1.54, 1.807) is 6.07 Å². The Labute approximate surface area is 175 Å². The molecule has 1 saturated heterocycles. The fraction of sp³-hybridized carbons (Fsp3) is 0.789. The predicted octanol–water partition coefficient (Wildman–Crippen LogP) is 4.02. The van der Waals surface area contributed by atoms with Gasteiger partial charge in [-0.05, 0) is 52.4 Å². The third-order valence-corrected chi connectivity index (χ3v) is 7.30. The quantitative estimate of drug-likeness (QED) is 0.609. The van der Waals surface area contributed by atoms with Crippen LogP contribution in [0.2, 0.25) is 0 Å². The summed E-state index contributed by atoms with van der Waals surface area (Å²) < 4.78 is 64.7. The third kappa shape index (κ3) is 5.82. The number of carbonyl (C=O) groups is 1. The predicted molar refractivity (Wildman–Crippen MR) is 103 cm³/mol. The van der Waals surface area contributed by atoms with Gasteiger partial charge in [-0.3, -0.25) is 14.3 Å². The smallest absolute Gasteiger partial charge is 0.353 e. The summed E-state index contributed by atoms with van der Waals surface area (Å²) in [4.78, 5) is 12.6. The third-order valence-electron chi connectivity index (χ3n) is 5.32. The van der Waals surface area contributed by atoms with Crippen molar-refractivity contribution in [3.8, 4) is 0 Å². The van der Waals surface area contributed by atoms with Crippen LogP contribution < -0.4 is 5.32 Å². The number of amides is 1. The molecule has 2 fully saturated rings. The maximum Gasteiger partial charge on any atom is 0.389 e. The van der Waals surface area contributed by atoms with Crippen molar-refractivity contribution in [1.82, 2.24) is 5.16 Å². The summed E-state index contributed by atoms with van der Waals surface area (Å²) in [5.41, 5.74) is -0.0270. The Balaban J connectivity index is 1.55. The molecule has 0 bridgehead atoms. The molecule has 0 radical (unpaired) electrons. The van der Waals surface area contributed by atoms with Crippen molar-refractivity contribution >= 4 is 22.6 Å². The highest BCUT2D eigenvalue weighted by atomic mass is 32.2. The van der Waals surface area contributed by atoms with Crippen LogP contribution in [-0.2, 0) is 30.7 Å². The van der Waals surface area contributed by atoms with Gasteiger partial charge in [0.15, 0.2) is 6.29 Å². The monoisotopic (exact) mass is 452 g/mol. The zero-order chi connectivity index (χ0) is 22.0. The second-order valence-corrected chi connectivity index (χ2v) is 10.3. The highest BCUT2D eigenvalue weighted by molar-refractivity contribution is 7.87. The molecule has 1 amide bonds. The molecule has 11 heteroatoms. The summed E-state index contributed by atoms with van der Waals surface area (Å²) in [5.74, 6) is -0.758. The van der Waals surface area contributed by atoms with Crippen molar-refractivity contribution < 1.29 is 36.2 Å². The van der Waals surface area contributed by atoms with Gasteiger partial charge >= 0.3 is 6.18 Å². The van der Waals surface area contributed by atoms with Crippen LogP contribution in [0, 0.1) is 0 Å². The van der Waals surface area contributed by atoms with Gasteiger partial charge in [0.05, 0.1) is 0 Å². The fourth-order valence-corrected chi connectivity index (χ4v) is 4.35. The Morgan fingerprint density at radius 2 is 2.10 bits per heavy atom. The number of rotatable bonds is 9. The lowest BCUT2D eigenvalue weighted by molar-refractivity contribution is -0.201. The van der Waals surface area contributed by atoms with Crippen LogP contribution in [0.15, 0.2) is 10.6 Å². The van der Waals surface area contributed by atoms with Gasteiger partial charge < -0.3 is 14.0 Å². The second kappa shape index (κ2) is 8.96. The summed E-state index contributed by atoms with van der Waals surface area (Å²) in [7, 11) is -1.79. The van der Waals surface area contributed by atoms with Gasteiger partial charge in [0.2, 0.25) is 11.8 Å². The lowest BCUT2D eigenvalue weighted by Gasteiger charge is -2.26. The number of aromatic nitrogens is 1. The van der Waals surface area contributed by atoms with E-state index in [1.165, 1.54) is 13.8 Å². The van der Waals surface area contributed by atoms with E-state index in [1.807, 2.05) is 0 Å². The molecule has 30 heavy (non-hydrogen) atoms. The molecular weight excluding hydrogens is 425 g/mol.